The van der Waals surface area contributed by atoms with Gasteiger partial charge in [0.2, 0.25) is 0 Å². The van der Waals surface area contributed by atoms with E-state index < -0.39 is 0 Å². The highest BCUT2D eigenvalue weighted by molar-refractivity contribution is 6.05. The van der Waals surface area contributed by atoms with Crippen LogP contribution in [0, 0.1) is 0 Å². The van der Waals surface area contributed by atoms with Gasteiger partial charge >= 0.3 is 0 Å². The van der Waals surface area contributed by atoms with E-state index in [2.05, 4.69) is 122 Å². The summed E-state index contributed by atoms with van der Waals surface area (Å²) in [5.41, 5.74) is 10.2. The summed E-state index contributed by atoms with van der Waals surface area (Å²) < 4.78 is 2.33. The van der Waals surface area contributed by atoms with Gasteiger partial charge in [-0.1, -0.05) is 97.9 Å². The molecule has 0 radical (unpaired) electrons. The van der Waals surface area contributed by atoms with Gasteiger partial charge in [-0.2, -0.15) is 0 Å². The summed E-state index contributed by atoms with van der Waals surface area (Å²) in [6.45, 7) is 2.20. The zero-order valence-electron chi connectivity index (χ0n) is 17.5. The molecule has 0 bridgehead atoms. The third-order valence-electron chi connectivity index (χ3n) is 6.00. The van der Waals surface area contributed by atoms with Gasteiger partial charge in [-0.05, 0) is 46.4 Å². The number of benzene rings is 4. The first-order valence-electron chi connectivity index (χ1n) is 10.6. The fourth-order valence-corrected chi connectivity index (χ4v) is 4.41. The van der Waals surface area contributed by atoms with E-state index in [0.29, 0.717) is 0 Å². The van der Waals surface area contributed by atoms with E-state index in [9.17, 15) is 0 Å². The van der Waals surface area contributed by atoms with Crippen LogP contribution in [-0.4, -0.2) is 4.57 Å². The first-order chi connectivity index (χ1) is 14.8. The van der Waals surface area contributed by atoms with Crippen LogP contribution in [0.2, 0.25) is 0 Å². The molecule has 1 nitrogen and oxygen atoms in total. The summed E-state index contributed by atoms with van der Waals surface area (Å²) >= 11 is 0. The molecule has 0 saturated heterocycles. The lowest BCUT2D eigenvalue weighted by Crippen LogP contribution is -1.93. The molecule has 0 spiro atoms. The maximum Gasteiger partial charge on any atom is 0.0568 e. The molecule has 30 heavy (non-hydrogen) atoms. The van der Waals surface area contributed by atoms with Gasteiger partial charge in [0, 0.05) is 23.5 Å². The Morgan fingerprint density at radius 1 is 0.600 bits per heavy atom. The topological polar surface area (TPSA) is 4.93 Å². The molecule has 0 amide bonds. The lowest BCUT2D eigenvalue weighted by molar-refractivity contribution is 0.978. The van der Waals surface area contributed by atoms with Crippen molar-refractivity contribution in [2.75, 3.05) is 0 Å². The lowest BCUT2D eigenvalue weighted by Gasteiger charge is -2.11. The predicted molar refractivity (Wildman–Crippen MR) is 129 cm³/mol. The number of para-hydroxylation sites is 1. The number of rotatable bonds is 4. The monoisotopic (exact) mass is 387 g/mol. The Morgan fingerprint density at radius 2 is 1.27 bits per heavy atom. The normalized spacial score (nSPS) is 11.1. The average Bonchev–Trinajstić information content (AvgIpc) is 3.12. The largest absolute Gasteiger partial charge is 0.343 e. The molecule has 0 atom stereocenters. The molecule has 1 heterocycles. The minimum Gasteiger partial charge on any atom is -0.343 e. The molecule has 1 aromatic heterocycles. The summed E-state index contributed by atoms with van der Waals surface area (Å²) in [6.07, 6.45) is 1.06. The van der Waals surface area contributed by atoms with Crippen LogP contribution >= 0.6 is 0 Å². The minimum atomic E-state index is 1.06. The number of aromatic nitrogens is 1. The molecule has 0 saturated carbocycles. The van der Waals surface area contributed by atoms with Crippen molar-refractivity contribution in [2.45, 2.75) is 13.3 Å². The Kier molecular flexibility index (Phi) is 4.72. The van der Waals surface area contributed by atoms with Crippen molar-refractivity contribution in [3.8, 4) is 33.5 Å². The predicted octanol–water partition coefficient (Wildman–Crippen LogP) is 7.74. The molecule has 5 rings (SSSR count). The van der Waals surface area contributed by atoms with Gasteiger partial charge in [-0.15, -0.1) is 0 Å². The summed E-state index contributed by atoms with van der Waals surface area (Å²) in [4.78, 5) is 0. The molecular formula is C29H25N. The van der Waals surface area contributed by atoms with Crippen molar-refractivity contribution in [1.82, 2.24) is 4.57 Å². The average molecular weight is 388 g/mol. The van der Waals surface area contributed by atoms with E-state index >= 15 is 0 Å². The highest BCUT2D eigenvalue weighted by Crippen LogP contribution is 2.41. The molecule has 0 aliphatic heterocycles. The Bertz CT molecular complexity index is 1310. The molecular weight excluding hydrogens is 362 g/mol. The maximum absolute atomic E-state index is 2.33. The number of hydrogen-bond acceptors (Lipinski definition) is 0. The van der Waals surface area contributed by atoms with Gasteiger partial charge in [-0.3, -0.25) is 0 Å². The van der Waals surface area contributed by atoms with Gasteiger partial charge in [-0.25, -0.2) is 0 Å². The summed E-state index contributed by atoms with van der Waals surface area (Å²) in [5, 5.41) is 1.29. The summed E-state index contributed by atoms with van der Waals surface area (Å²) in [5.74, 6) is 0. The maximum atomic E-state index is 2.33. The highest BCUT2D eigenvalue weighted by atomic mass is 15.0. The van der Waals surface area contributed by atoms with Crippen LogP contribution in [-0.2, 0) is 13.5 Å². The van der Waals surface area contributed by atoms with Gasteiger partial charge in [0.05, 0.1) is 5.69 Å². The Hall–Kier alpha value is -3.58. The fraction of sp³-hybridized carbons (Fsp3) is 0.103. The molecule has 0 N–H and O–H groups in total. The van der Waals surface area contributed by atoms with Crippen molar-refractivity contribution < 1.29 is 0 Å². The van der Waals surface area contributed by atoms with Gasteiger partial charge in [0.25, 0.3) is 0 Å². The van der Waals surface area contributed by atoms with Crippen LogP contribution in [0.15, 0.2) is 103 Å². The first kappa shape index (κ1) is 18.4. The second-order valence-electron chi connectivity index (χ2n) is 7.80. The molecule has 0 fully saturated rings. The molecule has 0 aliphatic carbocycles. The second kappa shape index (κ2) is 7.68. The number of hydrogen-bond donors (Lipinski definition) is 0. The zero-order valence-corrected chi connectivity index (χ0v) is 17.5. The molecule has 5 aromatic rings. The third kappa shape index (κ3) is 3.13. The Labute approximate surface area is 178 Å². The van der Waals surface area contributed by atoms with E-state index in [-0.39, 0.29) is 0 Å². The van der Waals surface area contributed by atoms with E-state index in [1.807, 2.05) is 0 Å². The van der Waals surface area contributed by atoms with Crippen molar-refractivity contribution >= 4 is 10.9 Å². The number of nitrogens with zero attached hydrogens (tertiary/aromatic N) is 1. The first-order valence-corrected chi connectivity index (χ1v) is 10.6. The van der Waals surface area contributed by atoms with Gasteiger partial charge in [0.1, 0.15) is 0 Å². The molecule has 146 valence electrons. The molecule has 0 unspecified atom stereocenters. The van der Waals surface area contributed by atoms with Crippen molar-refractivity contribution in [1.29, 1.82) is 0 Å². The van der Waals surface area contributed by atoms with Gasteiger partial charge in [0.15, 0.2) is 0 Å². The lowest BCUT2D eigenvalue weighted by atomic mass is 9.95. The Morgan fingerprint density at radius 3 is 2.03 bits per heavy atom. The summed E-state index contributed by atoms with van der Waals surface area (Å²) in [7, 11) is 2.18. The second-order valence-corrected chi connectivity index (χ2v) is 7.80. The minimum absolute atomic E-state index is 1.06. The molecule has 1 heteroatoms. The van der Waals surface area contributed by atoms with Crippen LogP contribution in [0.1, 0.15) is 12.5 Å². The van der Waals surface area contributed by atoms with Crippen LogP contribution in [0.25, 0.3) is 44.4 Å². The van der Waals surface area contributed by atoms with Crippen LogP contribution in [0.3, 0.4) is 0 Å². The summed E-state index contributed by atoms with van der Waals surface area (Å²) in [6, 6.07) is 37.3. The van der Waals surface area contributed by atoms with Crippen molar-refractivity contribution in [3.63, 3.8) is 0 Å². The third-order valence-corrected chi connectivity index (χ3v) is 6.00. The van der Waals surface area contributed by atoms with Crippen molar-refractivity contribution in [3.05, 3.63) is 109 Å². The number of aryl methyl sites for hydroxylation is 2. The standard InChI is InChI=1S/C29H25N/c1-3-21-16-18-23(19-17-21)29-28(26-14-7-8-15-27(26)30(29)2)25-13-9-12-24(20-25)22-10-5-4-6-11-22/h4-20H,3H2,1-2H3. The van der Waals surface area contributed by atoms with Crippen molar-refractivity contribution in [2.24, 2.45) is 7.05 Å². The molecule has 4 aromatic carbocycles. The Balaban J connectivity index is 1.77. The van der Waals surface area contributed by atoms with E-state index in [1.165, 1.54) is 50.0 Å². The smallest absolute Gasteiger partial charge is 0.0568 e. The van der Waals surface area contributed by atoms with Crippen LogP contribution < -0.4 is 0 Å². The van der Waals surface area contributed by atoms with E-state index in [1.54, 1.807) is 0 Å². The fourth-order valence-electron chi connectivity index (χ4n) is 4.41. The number of fused-ring (bicyclic) bond motifs is 1. The van der Waals surface area contributed by atoms with E-state index in [4.69, 9.17) is 0 Å². The van der Waals surface area contributed by atoms with Crippen LogP contribution in [0.4, 0.5) is 0 Å². The quantitative estimate of drug-likeness (QED) is 0.297. The van der Waals surface area contributed by atoms with Gasteiger partial charge < -0.3 is 4.57 Å². The SMILES string of the molecule is CCc1ccc(-c2c(-c3cccc(-c4ccccc4)c3)c3ccccc3n2C)cc1. The van der Waals surface area contributed by atoms with E-state index in [0.717, 1.165) is 6.42 Å². The van der Waals surface area contributed by atoms with Crippen LogP contribution in [0.5, 0.6) is 0 Å². The highest BCUT2D eigenvalue weighted by Gasteiger charge is 2.18. The zero-order chi connectivity index (χ0) is 20.5. The molecule has 0 aliphatic rings.